The van der Waals surface area contributed by atoms with E-state index in [0.29, 0.717) is 33.6 Å². The summed E-state index contributed by atoms with van der Waals surface area (Å²) >= 11 is 1.33. The predicted octanol–water partition coefficient (Wildman–Crippen LogP) is 3.84. The third kappa shape index (κ3) is 3.52. The fraction of sp³-hybridized carbons (Fsp3) is 0.364. The van der Waals surface area contributed by atoms with Crippen molar-refractivity contribution in [3.8, 4) is 0 Å². The SMILES string of the molecule is COC(=O)c1c(NC(=O)c2ccc3c(=O)n4c(nc3c2)CCCCC4)sc(C)c1C. The van der Waals surface area contributed by atoms with Crippen LogP contribution in [0.25, 0.3) is 10.9 Å². The summed E-state index contributed by atoms with van der Waals surface area (Å²) in [7, 11) is 1.32. The summed E-state index contributed by atoms with van der Waals surface area (Å²) < 4.78 is 6.62. The van der Waals surface area contributed by atoms with Crippen LogP contribution in [0.4, 0.5) is 5.00 Å². The quantitative estimate of drug-likeness (QED) is 0.644. The first-order chi connectivity index (χ1) is 14.4. The number of rotatable bonds is 3. The molecule has 0 radical (unpaired) electrons. The number of nitrogens with zero attached hydrogens (tertiary/aromatic N) is 2. The fourth-order valence-electron chi connectivity index (χ4n) is 3.80. The molecule has 1 aromatic carbocycles. The van der Waals surface area contributed by atoms with Crippen LogP contribution in [-0.2, 0) is 17.7 Å². The molecule has 3 aromatic rings. The van der Waals surface area contributed by atoms with E-state index in [-0.39, 0.29) is 11.5 Å². The molecule has 4 rings (SSSR count). The first-order valence-corrected chi connectivity index (χ1v) is 10.8. The average molecular weight is 426 g/mol. The number of hydrogen-bond acceptors (Lipinski definition) is 6. The Hall–Kier alpha value is -3.00. The minimum Gasteiger partial charge on any atom is -0.465 e. The van der Waals surface area contributed by atoms with Gasteiger partial charge in [-0.3, -0.25) is 14.2 Å². The number of benzene rings is 1. The van der Waals surface area contributed by atoms with Gasteiger partial charge in [-0.25, -0.2) is 9.78 Å². The summed E-state index contributed by atoms with van der Waals surface area (Å²) in [6, 6.07) is 4.92. The van der Waals surface area contributed by atoms with Gasteiger partial charge in [-0.15, -0.1) is 11.3 Å². The van der Waals surface area contributed by atoms with Crippen LogP contribution in [-0.4, -0.2) is 28.5 Å². The van der Waals surface area contributed by atoms with Crippen molar-refractivity contribution in [2.45, 2.75) is 46.1 Å². The monoisotopic (exact) mass is 425 g/mol. The van der Waals surface area contributed by atoms with Gasteiger partial charge in [-0.1, -0.05) is 6.42 Å². The lowest BCUT2D eigenvalue weighted by atomic mass is 10.1. The number of carbonyl (C=O) groups is 2. The zero-order valence-electron chi connectivity index (χ0n) is 17.2. The number of esters is 1. The third-order valence-electron chi connectivity index (χ3n) is 5.58. The molecule has 1 N–H and O–H groups in total. The highest BCUT2D eigenvalue weighted by Crippen LogP contribution is 2.33. The van der Waals surface area contributed by atoms with Crippen molar-refractivity contribution in [1.82, 2.24) is 9.55 Å². The van der Waals surface area contributed by atoms with E-state index in [9.17, 15) is 14.4 Å². The van der Waals surface area contributed by atoms with Crippen molar-refractivity contribution < 1.29 is 14.3 Å². The summed E-state index contributed by atoms with van der Waals surface area (Å²) in [5, 5.41) is 3.79. The number of amides is 1. The number of fused-ring (bicyclic) bond motifs is 2. The van der Waals surface area contributed by atoms with Crippen LogP contribution in [0.5, 0.6) is 0 Å². The van der Waals surface area contributed by atoms with Gasteiger partial charge in [-0.05, 0) is 50.5 Å². The number of aromatic nitrogens is 2. The molecular weight excluding hydrogens is 402 g/mol. The van der Waals surface area contributed by atoms with Crippen molar-refractivity contribution in [3.05, 3.63) is 55.9 Å². The van der Waals surface area contributed by atoms with Gasteiger partial charge in [0.05, 0.1) is 23.6 Å². The molecule has 0 saturated carbocycles. The molecular formula is C22H23N3O4S. The zero-order chi connectivity index (χ0) is 21.4. The van der Waals surface area contributed by atoms with Crippen molar-refractivity contribution in [3.63, 3.8) is 0 Å². The second kappa shape index (κ2) is 8.02. The molecule has 7 nitrogen and oxygen atoms in total. The van der Waals surface area contributed by atoms with Crippen LogP contribution in [0.3, 0.4) is 0 Å². The molecule has 0 spiro atoms. The average Bonchev–Trinajstić information content (AvgIpc) is 2.89. The Morgan fingerprint density at radius 3 is 2.77 bits per heavy atom. The maximum atomic E-state index is 12.9. The third-order valence-corrected chi connectivity index (χ3v) is 6.70. The van der Waals surface area contributed by atoms with Crippen molar-refractivity contribution in [2.24, 2.45) is 0 Å². The summed E-state index contributed by atoms with van der Waals surface area (Å²) in [5.41, 5.74) is 2.01. The smallest absolute Gasteiger partial charge is 0.341 e. The Balaban J connectivity index is 1.71. The topological polar surface area (TPSA) is 90.3 Å². The van der Waals surface area contributed by atoms with E-state index in [2.05, 4.69) is 10.3 Å². The highest BCUT2D eigenvalue weighted by Gasteiger charge is 2.22. The van der Waals surface area contributed by atoms with Gasteiger partial charge in [0.1, 0.15) is 10.8 Å². The van der Waals surface area contributed by atoms with E-state index in [1.54, 1.807) is 22.8 Å². The lowest BCUT2D eigenvalue weighted by Crippen LogP contribution is -2.24. The molecule has 1 aliphatic rings. The number of methoxy groups -OCH3 is 1. The van der Waals surface area contributed by atoms with Crippen LogP contribution in [0, 0.1) is 13.8 Å². The van der Waals surface area contributed by atoms with Gasteiger partial charge in [0.25, 0.3) is 11.5 Å². The Labute approximate surface area is 177 Å². The highest BCUT2D eigenvalue weighted by molar-refractivity contribution is 7.16. The normalized spacial score (nSPS) is 13.6. The van der Waals surface area contributed by atoms with E-state index >= 15 is 0 Å². The van der Waals surface area contributed by atoms with E-state index in [1.807, 2.05) is 13.8 Å². The lowest BCUT2D eigenvalue weighted by molar-refractivity contribution is 0.0601. The Bertz CT molecular complexity index is 1230. The summed E-state index contributed by atoms with van der Waals surface area (Å²) in [5.74, 6) is -0.0665. The number of hydrogen-bond donors (Lipinski definition) is 1. The Morgan fingerprint density at radius 1 is 1.20 bits per heavy atom. The largest absolute Gasteiger partial charge is 0.465 e. The van der Waals surface area contributed by atoms with Gasteiger partial charge in [0.2, 0.25) is 0 Å². The van der Waals surface area contributed by atoms with Crippen LogP contribution in [0.2, 0.25) is 0 Å². The van der Waals surface area contributed by atoms with E-state index < -0.39 is 5.97 Å². The Morgan fingerprint density at radius 2 is 2.00 bits per heavy atom. The first kappa shape index (κ1) is 20.3. The summed E-state index contributed by atoms with van der Waals surface area (Å²) in [4.78, 5) is 43.5. The predicted molar refractivity (Wildman–Crippen MR) is 117 cm³/mol. The molecule has 0 fully saturated rings. The molecule has 1 aliphatic heterocycles. The fourth-order valence-corrected chi connectivity index (χ4v) is 4.84. The number of anilines is 1. The molecule has 1 amide bonds. The van der Waals surface area contributed by atoms with Crippen molar-refractivity contribution in [1.29, 1.82) is 0 Å². The van der Waals surface area contributed by atoms with Gasteiger partial charge in [-0.2, -0.15) is 0 Å². The molecule has 0 saturated heterocycles. The number of thiophene rings is 1. The second-order valence-corrected chi connectivity index (χ2v) is 8.69. The number of nitrogens with one attached hydrogen (secondary N) is 1. The second-order valence-electron chi connectivity index (χ2n) is 7.46. The van der Waals surface area contributed by atoms with Gasteiger partial charge >= 0.3 is 5.97 Å². The standard InChI is InChI=1S/C22H23N3O4S/c1-12-13(2)30-20(18(12)22(28)29-3)24-19(26)14-8-9-15-16(11-14)23-17-7-5-4-6-10-25(17)21(15)27/h8-9,11H,4-7,10H2,1-3H3,(H,24,26). The molecule has 0 bridgehead atoms. The van der Waals surface area contributed by atoms with Crippen LogP contribution < -0.4 is 10.9 Å². The molecule has 8 heteroatoms. The molecule has 0 atom stereocenters. The van der Waals surface area contributed by atoms with E-state index in [1.165, 1.54) is 18.4 Å². The first-order valence-electron chi connectivity index (χ1n) is 9.94. The maximum Gasteiger partial charge on any atom is 0.341 e. The van der Waals surface area contributed by atoms with Crippen molar-refractivity contribution >= 4 is 39.1 Å². The summed E-state index contributed by atoms with van der Waals surface area (Å²) in [6.07, 6.45) is 3.82. The Kier molecular flexibility index (Phi) is 5.42. The number of ether oxygens (including phenoxy) is 1. The van der Waals surface area contributed by atoms with Crippen LogP contribution in [0.1, 0.15) is 56.2 Å². The van der Waals surface area contributed by atoms with Gasteiger partial charge < -0.3 is 10.1 Å². The number of carbonyl (C=O) groups excluding carboxylic acids is 2. The summed E-state index contributed by atoms with van der Waals surface area (Å²) in [6.45, 7) is 4.40. The molecule has 2 aromatic heterocycles. The van der Waals surface area contributed by atoms with Crippen LogP contribution >= 0.6 is 11.3 Å². The molecule has 3 heterocycles. The minimum atomic E-state index is -0.483. The highest BCUT2D eigenvalue weighted by atomic mass is 32.1. The minimum absolute atomic E-state index is 0.0543. The molecule has 156 valence electrons. The maximum absolute atomic E-state index is 12.9. The van der Waals surface area contributed by atoms with E-state index in [0.717, 1.165) is 41.9 Å². The van der Waals surface area contributed by atoms with Gasteiger partial charge in [0, 0.05) is 23.4 Å². The zero-order valence-corrected chi connectivity index (χ0v) is 18.0. The van der Waals surface area contributed by atoms with Gasteiger partial charge in [0.15, 0.2) is 0 Å². The number of aryl methyl sites for hydroxylation is 2. The van der Waals surface area contributed by atoms with E-state index in [4.69, 9.17) is 4.74 Å². The lowest BCUT2D eigenvalue weighted by Gasteiger charge is -2.11. The van der Waals surface area contributed by atoms with Crippen molar-refractivity contribution in [2.75, 3.05) is 12.4 Å². The van der Waals surface area contributed by atoms with Crippen LogP contribution in [0.15, 0.2) is 23.0 Å². The molecule has 0 unspecified atom stereocenters. The molecule has 0 aliphatic carbocycles. The molecule has 30 heavy (non-hydrogen) atoms.